The van der Waals surface area contributed by atoms with Crippen molar-refractivity contribution in [1.29, 1.82) is 0 Å². The SMILES string of the molecule is CCN(CC(=O)N1CCCC1c1cc(OC)ccc1OC)c1cccc(F)c1. The van der Waals surface area contributed by atoms with Crippen LogP contribution in [0.2, 0.25) is 0 Å². The van der Waals surface area contributed by atoms with Crippen LogP contribution in [-0.2, 0) is 4.79 Å². The third-order valence-electron chi connectivity index (χ3n) is 5.25. The molecule has 0 aromatic heterocycles. The third-order valence-corrected chi connectivity index (χ3v) is 5.25. The molecule has 0 aliphatic carbocycles. The zero-order chi connectivity index (χ0) is 20.1. The standard InChI is InChI=1S/C22H27FN2O3/c1-4-24(17-8-5-7-16(23)13-17)15-22(26)25-12-6-9-20(25)19-14-18(27-2)10-11-21(19)28-3/h5,7-8,10-11,13-14,20H,4,6,9,12,15H2,1-3H3. The fraction of sp³-hybridized carbons (Fsp3) is 0.409. The number of likely N-dealkylation sites (N-methyl/N-ethyl adjacent to an activating group) is 1. The number of hydrogen-bond donors (Lipinski definition) is 0. The van der Waals surface area contributed by atoms with Crippen molar-refractivity contribution < 1.29 is 18.7 Å². The first-order chi connectivity index (χ1) is 13.6. The van der Waals surface area contributed by atoms with E-state index in [2.05, 4.69) is 0 Å². The largest absolute Gasteiger partial charge is 0.497 e. The molecule has 3 rings (SSSR count). The van der Waals surface area contributed by atoms with Gasteiger partial charge in [-0.15, -0.1) is 0 Å². The summed E-state index contributed by atoms with van der Waals surface area (Å²) in [7, 11) is 3.26. The predicted octanol–water partition coefficient (Wildman–Crippen LogP) is 4.03. The van der Waals surface area contributed by atoms with E-state index in [0.29, 0.717) is 18.8 Å². The van der Waals surface area contributed by atoms with E-state index >= 15 is 0 Å². The van der Waals surface area contributed by atoms with E-state index in [0.717, 1.165) is 29.9 Å². The number of rotatable bonds is 7. The Morgan fingerprint density at radius 2 is 2.04 bits per heavy atom. The zero-order valence-electron chi connectivity index (χ0n) is 16.7. The van der Waals surface area contributed by atoms with Gasteiger partial charge < -0.3 is 19.3 Å². The van der Waals surface area contributed by atoms with Crippen molar-refractivity contribution in [3.63, 3.8) is 0 Å². The maximum absolute atomic E-state index is 13.6. The second kappa shape index (κ2) is 8.95. The van der Waals surface area contributed by atoms with Crippen molar-refractivity contribution in [2.24, 2.45) is 0 Å². The number of carbonyl (C=O) groups is 1. The van der Waals surface area contributed by atoms with Gasteiger partial charge in [-0.2, -0.15) is 0 Å². The van der Waals surface area contributed by atoms with Gasteiger partial charge in [0.1, 0.15) is 17.3 Å². The molecule has 1 fully saturated rings. The zero-order valence-corrected chi connectivity index (χ0v) is 16.7. The summed E-state index contributed by atoms with van der Waals surface area (Å²) in [6, 6.07) is 12.0. The summed E-state index contributed by atoms with van der Waals surface area (Å²) >= 11 is 0. The van der Waals surface area contributed by atoms with Gasteiger partial charge >= 0.3 is 0 Å². The lowest BCUT2D eigenvalue weighted by Gasteiger charge is -2.30. The normalized spacial score (nSPS) is 16.1. The monoisotopic (exact) mass is 386 g/mol. The van der Waals surface area contributed by atoms with Crippen molar-refractivity contribution in [2.75, 3.05) is 38.8 Å². The average Bonchev–Trinajstić information content (AvgIpc) is 3.21. The predicted molar refractivity (Wildman–Crippen MR) is 108 cm³/mol. The summed E-state index contributed by atoms with van der Waals surface area (Å²) in [5.41, 5.74) is 1.67. The Kier molecular flexibility index (Phi) is 6.39. The van der Waals surface area contributed by atoms with Gasteiger partial charge in [-0.05, 0) is 56.2 Å². The highest BCUT2D eigenvalue weighted by Crippen LogP contribution is 2.39. The summed E-state index contributed by atoms with van der Waals surface area (Å²) in [5, 5.41) is 0. The molecule has 150 valence electrons. The first-order valence-corrected chi connectivity index (χ1v) is 9.59. The highest BCUT2D eigenvalue weighted by molar-refractivity contribution is 5.82. The molecule has 1 aliphatic rings. The Morgan fingerprint density at radius 3 is 2.71 bits per heavy atom. The van der Waals surface area contributed by atoms with Gasteiger partial charge in [0.15, 0.2) is 0 Å². The number of methoxy groups -OCH3 is 2. The summed E-state index contributed by atoms with van der Waals surface area (Å²) in [4.78, 5) is 16.9. The Morgan fingerprint density at radius 1 is 1.21 bits per heavy atom. The van der Waals surface area contributed by atoms with Crippen molar-refractivity contribution in [3.05, 3.63) is 53.8 Å². The number of benzene rings is 2. The minimum atomic E-state index is -0.302. The van der Waals surface area contributed by atoms with Gasteiger partial charge in [0.05, 0.1) is 26.8 Å². The first-order valence-electron chi connectivity index (χ1n) is 9.59. The summed E-state index contributed by atoms with van der Waals surface area (Å²) in [5.74, 6) is 1.22. The smallest absolute Gasteiger partial charge is 0.242 e. The lowest BCUT2D eigenvalue weighted by Crippen LogP contribution is -2.40. The van der Waals surface area contributed by atoms with Crippen LogP contribution in [0.4, 0.5) is 10.1 Å². The summed E-state index contributed by atoms with van der Waals surface area (Å²) in [6.07, 6.45) is 1.81. The minimum absolute atomic E-state index is 0.0264. The van der Waals surface area contributed by atoms with E-state index < -0.39 is 0 Å². The first kappa shape index (κ1) is 20.0. The van der Waals surface area contributed by atoms with Crippen molar-refractivity contribution >= 4 is 11.6 Å². The Balaban J connectivity index is 1.81. The van der Waals surface area contributed by atoms with Crippen molar-refractivity contribution in [1.82, 2.24) is 4.90 Å². The quantitative estimate of drug-likeness (QED) is 0.720. The van der Waals surface area contributed by atoms with Crippen LogP contribution in [0.3, 0.4) is 0 Å². The molecule has 0 bridgehead atoms. The van der Waals surface area contributed by atoms with Gasteiger partial charge in [-0.3, -0.25) is 4.79 Å². The number of halogens is 1. The van der Waals surface area contributed by atoms with Crippen LogP contribution in [0, 0.1) is 5.82 Å². The van der Waals surface area contributed by atoms with Gasteiger partial charge in [0.25, 0.3) is 0 Å². The number of ether oxygens (including phenoxy) is 2. The molecule has 1 amide bonds. The van der Waals surface area contributed by atoms with Gasteiger partial charge in [0, 0.05) is 24.3 Å². The molecule has 0 saturated carbocycles. The highest BCUT2D eigenvalue weighted by Gasteiger charge is 2.32. The van der Waals surface area contributed by atoms with E-state index in [1.165, 1.54) is 12.1 Å². The van der Waals surface area contributed by atoms with Crippen LogP contribution in [0.15, 0.2) is 42.5 Å². The number of nitrogens with zero attached hydrogens (tertiary/aromatic N) is 2. The molecule has 1 unspecified atom stereocenters. The third kappa shape index (κ3) is 4.21. The highest BCUT2D eigenvalue weighted by atomic mass is 19.1. The minimum Gasteiger partial charge on any atom is -0.497 e. The molecule has 1 heterocycles. The molecule has 2 aromatic rings. The number of hydrogen-bond acceptors (Lipinski definition) is 4. The lowest BCUT2D eigenvalue weighted by molar-refractivity contribution is -0.130. The Hall–Kier alpha value is -2.76. The van der Waals surface area contributed by atoms with E-state index in [1.807, 2.05) is 41.0 Å². The Labute approximate surface area is 165 Å². The summed E-state index contributed by atoms with van der Waals surface area (Å²) in [6.45, 7) is 3.49. The van der Waals surface area contributed by atoms with Gasteiger partial charge in [-0.1, -0.05) is 6.07 Å². The van der Waals surface area contributed by atoms with E-state index in [-0.39, 0.29) is 24.3 Å². The molecule has 0 N–H and O–H groups in total. The number of likely N-dealkylation sites (tertiary alicyclic amines) is 1. The van der Waals surface area contributed by atoms with Crippen LogP contribution < -0.4 is 14.4 Å². The van der Waals surface area contributed by atoms with Crippen LogP contribution in [0.5, 0.6) is 11.5 Å². The van der Waals surface area contributed by atoms with Gasteiger partial charge in [0.2, 0.25) is 5.91 Å². The fourth-order valence-corrected chi connectivity index (χ4v) is 3.80. The molecule has 1 atom stereocenters. The molecular formula is C22H27FN2O3. The Bertz CT molecular complexity index is 827. The molecule has 1 aliphatic heterocycles. The molecule has 0 radical (unpaired) electrons. The van der Waals surface area contributed by atoms with E-state index in [9.17, 15) is 9.18 Å². The molecular weight excluding hydrogens is 359 g/mol. The van der Waals surface area contributed by atoms with Crippen molar-refractivity contribution in [3.8, 4) is 11.5 Å². The van der Waals surface area contributed by atoms with Crippen LogP contribution >= 0.6 is 0 Å². The number of carbonyl (C=O) groups excluding carboxylic acids is 1. The maximum Gasteiger partial charge on any atom is 0.242 e. The maximum atomic E-state index is 13.6. The number of anilines is 1. The van der Waals surface area contributed by atoms with Crippen LogP contribution in [-0.4, -0.2) is 44.7 Å². The fourth-order valence-electron chi connectivity index (χ4n) is 3.80. The molecule has 5 nitrogen and oxygen atoms in total. The van der Waals surface area contributed by atoms with E-state index in [1.54, 1.807) is 20.3 Å². The second-order valence-electron chi connectivity index (χ2n) is 6.85. The second-order valence-corrected chi connectivity index (χ2v) is 6.85. The summed E-state index contributed by atoms with van der Waals surface area (Å²) < 4.78 is 24.5. The molecule has 1 saturated heterocycles. The van der Waals surface area contributed by atoms with Gasteiger partial charge in [-0.25, -0.2) is 4.39 Å². The van der Waals surface area contributed by atoms with Crippen LogP contribution in [0.1, 0.15) is 31.4 Å². The lowest BCUT2D eigenvalue weighted by atomic mass is 10.0. The molecule has 28 heavy (non-hydrogen) atoms. The molecule has 2 aromatic carbocycles. The topological polar surface area (TPSA) is 42.0 Å². The molecule has 6 heteroatoms. The molecule has 0 spiro atoms. The average molecular weight is 386 g/mol. The van der Waals surface area contributed by atoms with Crippen LogP contribution in [0.25, 0.3) is 0 Å². The number of amides is 1. The van der Waals surface area contributed by atoms with E-state index in [4.69, 9.17) is 9.47 Å². The van der Waals surface area contributed by atoms with Crippen molar-refractivity contribution in [2.45, 2.75) is 25.8 Å².